The first-order chi connectivity index (χ1) is 9.02. The number of nitrogens with zero attached hydrogens (tertiary/aromatic N) is 1. The van der Waals surface area contributed by atoms with E-state index in [0.29, 0.717) is 26.2 Å². The van der Waals surface area contributed by atoms with Crippen molar-refractivity contribution in [3.63, 3.8) is 0 Å². The van der Waals surface area contributed by atoms with Gasteiger partial charge in [0.25, 0.3) is 0 Å². The molecule has 0 fully saturated rings. The van der Waals surface area contributed by atoms with Crippen LogP contribution in [0, 0.1) is 0 Å². The van der Waals surface area contributed by atoms with Crippen LogP contribution in [0.25, 0.3) is 0 Å². The minimum Gasteiger partial charge on any atom is -0.379 e. The van der Waals surface area contributed by atoms with Gasteiger partial charge in [0.2, 0.25) is 0 Å². The van der Waals surface area contributed by atoms with Gasteiger partial charge < -0.3 is 15.0 Å². The number of carbonyl (C=O) groups excluding carboxylic acids is 2. The van der Waals surface area contributed by atoms with Gasteiger partial charge in [0.15, 0.2) is 0 Å². The van der Waals surface area contributed by atoms with Crippen molar-refractivity contribution in [2.75, 3.05) is 26.2 Å². The molecule has 0 aliphatic heterocycles. The highest BCUT2D eigenvalue weighted by Gasteiger charge is 2.19. The molecule has 0 aliphatic carbocycles. The van der Waals surface area contributed by atoms with Crippen LogP contribution in [0.2, 0.25) is 0 Å². The van der Waals surface area contributed by atoms with E-state index in [0.717, 1.165) is 19.3 Å². The lowest BCUT2D eigenvalue weighted by atomic mass is 10.3. The van der Waals surface area contributed by atoms with E-state index >= 15 is 0 Å². The predicted molar refractivity (Wildman–Crippen MR) is 75.9 cm³/mol. The predicted octanol–water partition coefficient (Wildman–Crippen LogP) is 1.57. The first-order valence-electron chi connectivity index (χ1n) is 7.21. The highest BCUT2D eigenvalue weighted by atomic mass is 16.5. The molecule has 0 saturated carbocycles. The highest BCUT2D eigenvalue weighted by molar-refractivity contribution is 6.34. The van der Waals surface area contributed by atoms with Gasteiger partial charge in [0, 0.05) is 26.2 Å². The molecule has 0 unspecified atom stereocenters. The number of rotatable bonds is 9. The van der Waals surface area contributed by atoms with E-state index in [2.05, 4.69) is 5.32 Å². The van der Waals surface area contributed by atoms with Crippen molar-refractivity contribution in [2.24, 2.45) is 0 Å². The summed E-state index contributed by atoms with van der Waals surface area (Å²) in [6.07, 6.45) is 2.64. The van der Waals surface area contributed by atoms with Crippen LogP contribution in [-0.2, 0) is 14.3 Å². The van der Waals surface area contributed by atoms with Crippen LogP contribution in [0.4, 0.5) is 0 Å². The molecule has 0 aromatic rings. The Morgan fingerprint density at radius 1 is 1.16 bits per heavy atom. The molecule has 0 aromatic carbocycles. The Kier molecular flexibility index (Phi) is 10.2. The molecule has 5 nitrogen and oxygen atoms in total. The highest BCUT2D eigenvalue weighted by Crippen LogP contribution is 1.96. The smallest absolute Gasteiger partial charge is 0.311 e. The van der Waals surface area contributed by atoms with Crippen LogP contribution in [0.5, 0.6) is 0 Å². The Bertz CT molecular complexity index is 261. The second-order valence-corrected chi connectivity index (χ2v) is 4.82. The molecule has 5 heteroatoms. The summed E-state index contributed by atoms with van der Waals surface area (Å²) in [6.45, 7) is 10.3. The Morgan fingerprint density at radius 3 is 2.21 bits per heavy atom. The van der Waals surface area contributed by atoms with Gasteiger partial charge in [-0.2, -0.15) is 0 Å². The molecular weight excluding hydrogens is 244 g/mol. The van der Waals surface area contributed by atoms with Crippen LogP contribution in [0.15, 0.2) is 0 Å². The zero-order valence-corrected chi connectivity index (χ0v) is 12.7. The average Bonchev–Trinajstić information content (AvgIpc) is 2.36. The molecule has 0 rings (SSSR count). The third kappa shape index (κ3) is 8.59. The van der Waals surface area contributed by atoms with E-state index in [4.69, 9.17) is 4.74 Å². The fourth-order valence-corrected chi connectivity index (χ4v) is 1.67. The van der Waals surface area contributed by atoms with Gasteiger partial charge in [0.1, 0.15) is 0 Å². The van der Waals surface area contributed by atoms with Crippen molar-refractivity contribution >= 4 is 11.8 Å². The quantitative estimate of drug-likeness (QED) is 0.512. The largest absolute Gasteiger partial charge is 0.379 e. The minimum atomic E-state index is -0.508. The maximum absolute atomic E-state index is 11.9. The van der Waals surface area contributed by atoms with E-state index in [-0.39, 0.29) is 6.10 Å². The topological polar surface area (TPSA) is 58.6 Å². The van der Waals surface area contributed by atoms with Gasteiger partial charge in [-0.05, 0) is 33.1 Å². The normalized spacial score (nSPS) is 10.6. The zero-order chi connectivity index (χ0) is 14.7. The molecule has 0 radical (unpaired) electrons. The monoisotopic (exact) mass is 272 g/mol. The number of ether oxygens (including phenoxy) is 1. The average molecular weight is 272 g/mol. The van der Waals surface area contributed by atoms with Crippen LogP contribution >= 0.6 is 0 Å². The summed E-state index contributed by atoms with van der Waals surface area (Å²) in [5.41, 5.74) is 0. The molecule has 2 amide bonds. The van der Waals surface area contributed by atoms with Gasteiger partial charge in [-0.25, -0.2) is 0 Å². The summed E-state index contributed by atoms with van der Waals surface area (Å²) in [6, 6.07) is 0. The maximum Gasteiger partial charge on any atom is 0.311 e. The molecular formula is C14H28N2O3. The van der Waals surface area contributed by atoms with Crippen LogP contribution in [-0.4, -0.2) is 49.1 Å². The summed E-state index contributed by atoms with van der Waals surface area (Å²) in [5, 5.41) is 2.64. The molecule has 0 saturated heterocycles. The van der Waals surface area contributed by atoms with E-state index in [1.165, 1.54) is 0 Å². The SMILES string of the molecule is CCCN(CCC)C(=O)C(=O)NCCCOC(C)C. The standard InChI is InChI=1S/C14H28N2O3/c1-5-9-16(10-6-2)14(18)13(17)15-8-7-11-19-12(3)4/h12H,5-11H2,1-4H3,(H,15,17). The number of carbonyl (C=O) groups is 2. The maximum atomic E-state index is 11.9. The van der Waals surface area contributed by atoms with Crippen molar-refractivity contribution < 1.29 is 14.3 Å². The zero-order valence-electron chi connectivity index (χ0n) is 12.7. The molecule has 112 valence electrons. The summed E-state index contributed by atoms with van der Waals surface area (Å²) in [5.74, 6) is -0.931. The van der Waals surface area contributed by atoms with Crippen molar-refractivity contribution in [3.05, 3.63) is 0 Å². The minimum absolute atomic E-state index is 0.196. The third-order valence-electron chi connectivity index (χ3n) is 2.53. The summed E-state index contributed by atoms with van der Waals surface area (Å²) >= 11 is 0. The number of hydrogen-bond acceptors (Lipinski definition) is 3. The Hall–Kier alpha value is -1.10. The van der Waals surface area contributed by atoms with E-state index in [1.807, 2.05) is 27.7 Å². The van der Waals surface area contributed by atoms with Crippen LogP contribution in [0.3, 0.4) is 0 Å². The van der Waals surface area contributed by atoms with Gasteiger partial charge in [-0.1, -0.05) is 13.8 Å². The first kappa shape index (κ1) is 17.9. The van der Waals surface area contributed by atoms with Crippen molar-refractivity contribution in [1.82, 2.24) is 10.2 Å². The Labute approximate surface area is 116 Å². The second kappa shape index (κ2) is 10.8. The van der Waals surface area contributed by atoms with Gasteiger partial charge in [-0.3, -0.25) is 9.59 Å². The lowest BCUT2D eigenvalue weighted by Crippen LogP contribution is -2.44. The van der Waals surface area contributed by atoms with Crippen molar-refractivity contribution in [2.45, 2.75) is 53.1 Å². The molecule has 0 aromatic heterocycles. The van der Waals surface area contributed by atoms with Crippen LogP contribution < -0.4 is 5.32 Å². The fraction of sp³-hybridized carbons (Fsp3) is 0.857. The van der Waals surface area contributed by atoms with Crippen LogP contribution in [0.1, 0.15) is 47.0 Å². The molecule has 0 aliphatic rings. The van der Waals surface area contributed by atoms with E-state index < -0.39 is 11.8 Å². The third-order valence-corrected chi connectivity index (χ3v) is 2.53. The number of amides is 2. The lowest BCUT2D eigenvalue weighted by Gasteiger charge is -2.20. The van der Waals surface area contributed by atoms with E-state index in [9.17, 15) is 9.59 Å². The molecule has 0 atom stereocenters. The molecule has 0 spiro atoms. The number of hydrogen-bond donors (Lipinski definition) is 1. The first-order valence-corrected chi connectivity index (χ1v) is 7.21. The van der Waals surface area contributed by atoms with Crippen molar-refractivity contribution in [3.8, 4) is 0 Å². The summed E-state index contributed by atoms with van der Waals surface area (Å²) < 4.78 is 5.36. The molecule has 1 N–H and O–H groups in total. The molecule has 19 heavy (non-hydrogen) atoms. The Morgan fingerprint density at radius 2 is 1.74 bits per heavy atom. The van der Waals surface area contributed by atoms with Gasteiger partial charge >= 0.3 is 11.8 Å². The Balaban J connectivity index is 3.93. The van der Waals surface area contributed by atoms with Gasteiger partial charge in [-0.15, -0.1) is 0 Å². The van der Waals surface area contributed by atoms with Gasteiger partial charge in [0.05, 0.1) is 6.10 Å². The molecule has 0 bridgehead atoms. The summed E-state index contributed by atoms with van der Waals surface area (Å²) in [7, 11) is 0. The number of nitrogens with one attached hydrogen (secondary N) is 1. The fourth-order valence-electron chi connectivity index (χ4n) is 1.67. The second-order valence-electron chi connectivity index (χ2n) is 4.82. The summed E-state index contributed by atoms with van der Waals surface area (Å²) in [4.78, 5) is 25.2. The molecule has 0 heterocycles. The van der Waals surface area contributed by atoms with E-state index in [1.54, 1.807) is 4.90 Å². The van der Waals surface area contributed by atoms with Crippen molar-refractivity contribution in [1.29, 1.82) is 0 Å². The lowest BCUT2D eigenvalue weighted by molar-refractivity contribution is -0.145.